The summed E-state index contributed by atoms with van der Waals surface area (Å²) >= 11 is 0. The number of aliphatic imine (C=N–C) groups is 1. The first-order valence-electron chi connectivity index (χ1n) is 6.36. The van der Waals surface area contributed by atoms with Crippen molar-refractivity contribution >= 4 is 11.3 Å². The van der Waals surface area contributed by atoms with Gasteiger partial charge in [0.05, 0.1) is 5.71 Å². The first-order chi connectivity index (χ1) is 9.25. The normalized spacial score (nSPS) is 15.7. The van der Waals surface area contributed by atoms with Crippen LogP contribution in [0.3, 0.4) is 0 Å². The lowest BCUT2D eigenvalue weighted by atomic mass is 9.93. The Labute approximate surface area is 111 Å². The number of allylic oxidation sites excluding steroid dienone is 1. The zero-order valence-corrected chi connectivity index (χ0v) is 10.6. The second kappa shape index (κ2) is 3.54. The van der Waals surface area contributed by atoms with Gasteiger partial charge < -0.3 is 5.73 Å². The van der Waals surface area contributed by atoms with Crippen LogP contribution in [0.25, 0.3) is 16.7 Å². The summed E-state index contributed by atoms with van der Waals surface area (Å²) in [5, 5.41) is 0. The molecule has 0 amide bonds. The van der Waals surface area contributed by atoms with Gasteiger partial charge in [0.15, 0.2) is 0 Å². The molecule has 92 valence electrons. The van der Waals surface area contributed by atoms with E-state index in [1.54, 1.807) is 0 Å². The minimum atomic E-state index is 0.677. The van der Waals surface area contributed by atoms with Crippen LogP contribution in [0.5, 0.6) is 0 Å². The molecule has 0 saturated heterocycles. The third-order valence-corrected chi connectivity index (χ3v) is 3.92. The van der Waals surface area contributed by atoms with E-state index in [2.05, 4.69) is 35.1 Å². The van der Waals surface area contributed by atoms with Crippen LogP contribution < -0.4 is 5.73 Å². The fourth-order valence-electron chi connectivity index (χ4n) is 2.97. The number of hydrogen-bond donors (Lipinski definition) is 1. The van der Waals surface area contributed by atoms with Gasteiger partial charge in [-0.3, -0.25) is 4.98 Å². The highest BCUT2D eigenvalue weighted by atomic mass is 14.9. The van der Waals surface area contributed by atoms with Crippen LogP contribution in [0, 0.1) is 6.92 Å². The quantitative estimate of drug-likeness (QED) is 0.842. The molecule has 0 saturated carbocycles. The Morgan fingerprint density at radius 3 is 2.79 bits per heavy atom. The number of hydrogen-bond acceptors (Lipinski definition) is 3. The molecule has 2 aliphatic rings. The van der Waals surface area contributed by atoms with Crippen LogP contribution in [-0.2, 0) is 0 Å². The van der Waals surface area contributed by atoms with Gasteiger partial charge in [-0.1, -0.05) is 18.2 Å². The van der Waals surface area contributed by atoms with Crippen LogP contribution in [0.2, 0.25) is 0 Å². The average molecular weight is 247 g/mol. The molecule has 2 N–H and O–H groups in total. The Balaban J connectivity index is 2.04. The standard InChI is InChI=1S/C16H13N3/c1-9-5-6-18-8-13(9)10-3-2-4-11-14-7-12(15(10)11)16(17)19-14/h2-6,8H,7H2,1H3,(H2,17,19). The predicted octanol–water partition coefficient (Wildman–Crippen LogP) is 2.89. The smallest absolute Gasteiger partial charge is 0.127 e. The van der Waals surface area contributed by atoms with Crippen molar-refractivity contribution in [3.63, 3.8) is 0 Å². The number of pyridine rings is 1. The van der Waals surface area contributed by atoms with Gasteiger partial charge in [-0.05, 0) is 29.7 Å². The number of fused-ring (bicyclic) bond motifs is 5. The van der Waals surface area contributed by atoms with E-state index in [-0.39, 0.29) is 0 Å². The Hall–Kier alpha value is -2.42. The molecular weight excluding hydrogens is 234 g/mol. The average Bonchev–Trinajstić information content (AvgIpc) is 2.97. The highest BCUT2D eigenvalue weighted by Gasteiger charge is 2.32. The minimum absolute atomic E-state index is 0.677. The van der Waals surface area contributed by atoms with Gasteiger partial charge in [0.1, 0.15) is 5.82 Å². The summed E-state index contributed by atoms with van der Waals surface area (Å²) in [7, 11) is 0. The zero-order chi connectivity index (χ0) is 13.0. The Morgan fingerprint density at radius 2 is 1.95 bits per heavy atom. The molecule has 2 heterocycles. The second-order valence-corrected chi connectivity index (χ2v) is 5.02. The van der Waals surface area contributed by atoms with Crippen LogP contribution in [-0.4, -0.2) is 10.7 Å². The van der Waals surface area contributed by atoms with E-state index in [1.807, 2.05) is 18.5 Å². The summed E-state index contributed by atoms with van der Waals surface area (Å²) in [6.45, 7) is 2.11. The first-order valence-corrected chi connectivity index (χ1v) is 6.36. The SMILES string of the molecule is Cc1ccncc1-c1cccc2c1C1=C(N)N=C2C1. The highest BCUT2D eigenvalue weighted by Crippen LogP contribution is 2.44. The number of nitrogens with zero attached hydrogens (tertiary/aromatic N) is 2. The minimum Gasteiger partial charge on any atom is -0.383 e. The van der Waals surface area contributed by atoms with E-state index in [4.69, 9.17) is 5.73 Å². The van der Waals surface area contributed by atoms with Crippen molar-refractivity contribution in [2.75, 3.05) is 0 Å². The molecule has 3 nitrogen and oxygen atoms in total. The molecule has 1 aliphatic carbocycles. The number of rotatable bonds is 1. The summed E-state index contributed by atoms with van der Waals surface area (Å²) in [5.74, 6) is 0.677. The predicted molar refractivity (Wildman–Crippen MR) is 76.7 cm³/mol. The fraction of sp³-hybridized carbons (Fsp3) is 0.125. The van der Waals surface area contributed by atoms with Gasteiger partial charge in [-0.15, -0.1) is 0 Å². The van der Waals surface area contributed by atoms with E-state index < -0.39 is 0 Å². The van der Waals surface area contributed by atoms with Crippen molar-refractivity contribution in [1.29, 1.82) is 0 Å². The summed E-state index contributed by atoms with van der Waals surface area (Å²) in [5.41, 5.74) is 14.4. The molecule has 0 radical (unpaired) electrons. The largest absolute Gasteiger partial charge is 0.383 e. The number of benzene rings is 1. The molecular formula is C16H13N3. The van der Waals surface area contributed by atoms with Gasteiger partial charge in [-0.2, -0.15) is 0 Å². The number of nitrogens with two attached hydrogens (primary N) is 1. The monoisotopic (exact) mass is 247 g/mol. The Kier molecular flexibility index (Phi) is 1.96. The molecule has 19 heavy (non-hydrogen) atoms. The van der Waals surface area contributed by atoms with Gasteiger partial charge in [-0.25, -0.2) is 4.99 Å². The maximum Gasteiger partial charge on any atom is 0.127 e. The van der Waals surface area contributed by atoms with E-state index in [1.165, 1.54) is 33.4 Å². The van der Waals surface area contributed by atoms with Crippen molar-refractivity contribution in [2.24, 2.45) is 10.7 Å². The number of aryl methyl sites for hydroxylation is 1. The van der Waals surface area contributed by atoms with E-state index in [0.717, 1.165) is 12.1 Å². The van der Waals surface area contributed by atoms with Gasteiger partial charge in [0.25, 0.3) is 0 Å². The third kappa shape index (κ3) is 1.32. The fourth-order valence-corrected chi connectivity index (χ4v) is 2.97. The third-order valence-electron chi connectivity index (χ3n) is 3.92. The maximum absolute atomic E-state index is 6.00. The molecule has 0 atom stereocenters. The maximum atomic E-state index is 6.00. The molecule has 2 aromatic rings. The zero-order valence-electron chi connectivity index (χ0n) is 10.6. The molecule has 3 heteroatoms. The molecule has 0 unspecified atom stereocenters. The lowest BCUT2D eigenvalue weighted by Gasteiger charge is -2.14. The molecule has 1 aromatic heterocycles. The van der Waals surface area contributed by atoms with E-state index in [9.17, 15) is 0 Å². The second-order valence-electron chi connectivity index (χ2n) is 5.02. The van der Waals surface area contributed by atoms with Crippen molar-refractivity contribution in [3.8, 4) is 11.1 Å². The summed E-state index contributed by atoms with van der Waals surface area (Å²) in [4.78, 5) is 8.66. The summed E-state index contributed by atoms with van der Waals surface area (Å²) in [6.07, 6.45) is 4.62. The van der Waals surface area contributed by atoms with Crippen molar-refractivity contribution in [3.05, 3.63) is 59.2 Å². The molecule has 2 bridgehead atoms. The summed E-state index contributed by atoms with van der Waals surface area (Å²) in [6, 6.07) is 8.39. The molecule has 0 spiro atoms. The van der Waals surface area contributed by atoms with Gasteiger partial charge in [0.2, 0.25) is 0 Å². The highest BCUT2D eigenvalue weighted by molar-refractivity contribution is 6.20. The number of aromatic nitrogens is 1. The van der Waals surface area contributed by atoms with Crippen molar-refractivity contribution in [2.45, 2.75) is 13.3 Å². The molecule has 4 rings (SSSR count). The molecule has 0 fully saturated rings. The van der Waals surface area contributed by atoms with E-state index in [0.29, 0.717) is 5.82 Å². The van der Waals surface area contributed by atoms with Crippen LogP contribution in [0.15, 0.2) is 47.5 Å². The van der Waals surface area contributed by atoms with Crippen LogP contribution in [0.1, 0.15) is 23.1 Å². The summed E-state index contributed by atoms with van der Waals surface area (Å²) < 4.78 is 0. The van der Waals surface area contributed by atoms with Crippen LogP contribution in [0.4, 0.5) is 0 Å². The molecule has 1 aromatic carbocycles. The van der Waals surface area contributed by atoms with Crippen molar-refractivity contribution < 1.29 is 0 Å². The lowest BCUT2D eigenvalue weighted by molar-refractivity contribution is 1.25. The lowest BCUT2D eigenvalue weighted by Crippen LogP contribution is -2.03. The van der Waals surface area contributed by atoms with Gasteiger partial charge in [0, 0.05) is 35.5 Å². The van der Waals surface area contributed by atoms with Gasteiger partial charge >= 0.3 is 0 Å². The van der Waals surface area contributed by atoms with E-state index >= 15 is 0 Å². The topological polar surface area (TPSA) is 51.3 Å². The Morgan fingerprint density at radius 1 is 1.11 bits per heavy atom. The Bertz CT molecular complexity index is 769. The molecule has 1 aliphatic heterocycles. The first kappa shape index (κ1) is 10.5. The van der Waals surface area contributed by atoms with Crippen LogP contribution >= 0.6 is 0 Å². The van der Waals surface area contributed by atoms with Crippen molar-refractivity contribution in [1.82, 2.24) is 4.98 Å².